The van der Waals surface area contributed by atoms with Crippen molar-refractivity contribution in [1.82, 2.24) is 4.72 Å². The Labute approximate surface area is 131 Å². The Morgan fingerprint density at radius 1 is 1.14 bits per heavy atom. The van der Waals surface area contributed by atoms with E-state index in [-0.39, 0.29) is 10.9 Å². The summed E-state index contributed by atoms with van der Waals surface area (Å²) in [5, 5.41) is 0. The van der Waals surface area contributed by atoms with Gasteiger partial charge in [-0.3, -0.25) is 0 Å². The minimum atomic E-state index is -3.63. The van der Waals surface area contributed by atoms with Crippen molar-refractivity contribution in [3.05, 3.63) is 65.5 Å². The number of aryl methyl sites for hydroxylation is 2. The summed E-state index contributed by atoms with van der Waals surface area (Å²) in [4.78, 5) is 0.125. The maximum absolute atomic E-state index is 13.1. The molecule has 0 aliphatic rings. The molecule has 0 aliphatic heterocycles. The molecule has 2 aromatic carbocycles. The second kappa shape index (κ2) is 7.03. The molecule has 2 aromatic rings. The van der Waals surface area contributed by atoms with Crippen LogP contribution in [0.15, 0.2) is 53.4 Å². The zero-order chi connectivity index (χ0) is 16.2. The molecular weight excluding hydrogens is 301 g/mol. The first-order valence-corrected chi connectivity index (χ1v) is 8.69. The molecule has 0 bridgehead atoms. The molecule has 2 rings (SSSR count). The van der Waals surface area contributed by atoms with Crippen LogP contribution in [0.25, 0.3) is 0 Å². The fourth-order valence-electron chi connectivity index (χ4n) is 2.33. The van der Waals surface area contributed by atoms with E-state index in [4.69, 9.17) is 0 Å². The number of nitrogens with one attached hydrogen (secondary N) is 1. The lowest BCUT2D eigenvalue weighted by Gasteiger charge is -2.15. The molecule has 0 aliphatic carbocycles. The fourth-order valence-corrected chi connectivity index (χ4v) is 3.83. The lowest BCUT2D eigenvalue weighted by Crippen LogP contribution is -2.33. The molecule has 1 N–H and O–H groups in total. The van der Waals surface area contributed by atoms with Gasteiger partial charge in [0.05, 0.1) is 4.90 Å². The summed E-state index contributed by atoms with van der Waals surface area (Å²) >= 11 is 0. The maximum atomic E-state index is 13.1. The molecule has 0 saturated heterocycles. The average molecular weight is 321 g/mol. The Hall–Kier alpha value is -1.72. The summed E-state index contributed by atoms with van der Waals surface area (Å²) in [6, 6.07) is 13.4. The van der Waals surface area contributed by atoms with Crippen molar-refractivity contribution in [3.63, 3.8) is 0 Å². The van der Waals surface area contributed by atoms with E-state index in [0.717, 1.165) is 12.5 Å². The van der Waals surface area contributed by atoms with Crippen LogP contribution in [0, 0.1) is 12.7 Å². The first kappa shape index (κ1) is 16.6. The summed E-state index contributed by atoms with van der Waals surface area (Å²) in [5.41, 5.74) is 1.58. The van der Waals surface area contributed by atoms with Crippen LogP contribution in [0.5, 0.6) is 0 Å². The lowest BCUT2D eigenvalue weighted by molar-refractivity contribution is 0.546. The summed E-state index contributed by atoms with van der Waals surface area (Å²) in [6.07, 6.45) is 1.50. The highest BCUT2D eigenvalue weighted by atomic mass is 32.2. The number of hydrogen-bond acceptors (Lipinski definition) is 2. The summed E-state index contributed by atoms with van der Waals surface area (Å²) in [7, 11) is -3.63. The monoisotopic (exact) mass is 321 g/mol. The SMILES string of the molecule is Cc1cc(F)ccc1S(=O)(=O)N[C@@H](C)CCc1ccccc1. The van der Waals surface area contributed by atoms with E-state index < -0.39 is 15.8 Å². The largest absolute Gasteiger partial charge is 0.241 e. The van der Waals surface area contributed by atoms with Crippen LogP contribution >= 0.6 is 0 Å². The molecule has 0 heterocycles. The second-order valence-corrected chi connectivity index (χ2v) is 7.14. The maximum Gasteiger partial charge on any atom is 0.241 e. The van der Waals surface area contributed by atoms with Gasteiger partial charge < -0.3 is 0 Å². The molecular formula is C17H20FNO2S. The average Bonchev–Trinajstić information content (AvgIpc) is 2.45. The third-order valence-corrected chi connectivity index (χ3v) is 5.24. The van der Waals surface area contributed by atoms with Crippen molar-refractivity contribution in [2.45, 2.75) is 37.6 Å². The Balaban J connectivity index is 2.02. The van der Waals surface area contributed by atoms with Gasteiger partial charge in [0.2, 0.25) is 10.0 Å². The lowest BCUT2D eigenvalue weighted by atomic mass is 10.1. The first-order chi connectivity index (χ1) is 10.4. The first-order valence-electron chi connectivity index (χ1n) is 7.21. The van der Waals surface area contributed by atoms with Crippen molar-refractivity contribution >= 4 is 10.0 Å². The standard InChI is InChI=1S/C17H20FNO2S/c1-13-12-16(18)10-11-17(13)22(20,21)19-14(2)8-9-15-6-4-3-5-7-15/h3-7,10-12,14,19H,8-9H2,1-2H3/t14-/m0/s1. The third kappa shape index (κ3) is 4.39. The van der Waals surface area contributed by atoms with Gasteiger partial charge in [-0.05, 0) is 56.0 Å². The third-order valence-electron chi connectivity index (χ3n) is 3.49. The summed E-state index contributed by atoms with van der Waals surface area (Å²) in [5.74, 6) is -0.437. The van der Waals surface area contributed by atoms with Crippen LogP contribution in [0.3, 0.4) is 0 Å². The Morgan fingerprint density at radius 3 is 2.45 bits per heavy atom. The van der Waals surface area contributed by atoms with Crippen molar-refractivity contribution in [2.24, 2.45) is 0 Å². The molecule has 0 saturated carbocycles. The molecule has 0 spiro atoms. The van der Waals surface area contributed by atoms with Crippen LogP contribution in [-0.4, -0.2) is 14.5 Å². The normalized spacial score (nSPS) is 13.0. The quantitative estimate of drug-likeness (QED) is 0.886. The molecule has 0 aromatic heterocycles. The van der Waals surface area contributed by atoms with Crippen LogP contribution in [0.2, 0.25) is 0 Å². The van der Waals surface area contributed by atoms with E-state index in [9.17, 15) is 12.8 Å². The van der Waals surface area contributed by atoms with Gasteiger partial charge in [0.25, 0.3) is 0 Å². The van der Waals surface area contributed by atoms with Crippen molar-refractivity contribution < 1.29 is 12.8 Å². The van der Waals surface area contributed by atoms with E-state index in [1.807, 2.05) is 37.3 Å². The molecule has 0 unspecified atom stereocenters. The number of rotatable bonds is 6. The molecule has 1 atom stereocenters. The van der Waals surface area contributed by atoms with Crippen molar-refractivity contribution in [3.8, 4) is 0 Å². The number of halogens is 1. The van der Waals surface area contributed by atoms with Gasteiger partial charge in [-0.25, -0.2) is 17.5 Å². The van der Waals surface area contributed by atoms with Gasteiger partial charge in [0, 0.05) is 6.04 Å². The molecule has 3 nitrogen and oxygen atoms in total. The zero-order valence-electron chi connectivity index (χ0n) is 12.7. The topological polar surface area (TPSA) is 46.2 Å². The van der Waals surface area contributed by atoms with E-state index in [1.165, 1.54) is 17.7 Å². The van der Waals surface area contributed by atoms with Crippen LogP contribution in [0.4, 0.5) is 4.39 Å². The molecule has 5 heteroatoms. The van der Waals surface area contributed by atoms with Gasteiger partial charge in [-0.1, -0.05) is 30.3 Å². The summed E-state index contributed by atoms with van der Waals surface area (Å²) in [6.45, 7) is 3.42. The van der Waals surface area contributed by atoms with Crippen molar-refractivity contribution in [1.29, 1.82) is 0 Å². The predicted octanol–water partition coefficient (Wildman–Crippen LogP) is 3.43. The predicted molar refractivity (Wildman–Crippen MR) is 85.7 cm³/mol. The minimum Gasteiger partial charge on any atom is -0.208 e. The second-order valence-electron chi connectivity index (χ2n) is 5.46. The molecule has 0 amide bonds. The Bertz CT molecular complexity index is 730. The van der Waals surface area contributed by atoms with Crippen LogP contribution in [0.1, 0.15) is 24.5 Å². The minimum absolute atomic E-state index is 0.125. The van der Waals surface area contributed by atoms with Crippen LogP contribution in [-0.2, 0) is 16.4 Å². The van der Waals surface area contributed by atoms with E-state index >= 15 is 0 Å². The molecule has 118 valence electrons. The Kier molecular flexibility index (Phi) is 5.32. The van der Waals surface area contributed by atoms with E-state index in [1.54, 1.807) is 6.92 Å². The Morgan fingerprint density at radius 2 is 1.82 bits per heavy atom. The summed E-state index contributed by atoms with van der Waals surface area (Å²) < 4.78 is 40.4. The van der Waals surface area contributed by atoms with Gasteiger partial charge in [0.15, 0.2) is 0 Å². The molecule has 22 heavy (non-hydrogen) atoms. The zero-order valence-corrected chi connectivity index (χ0v) is 13.5. The highest BCUT2D eigenvalue weighted by Gasteiger charge is 2.19. The van der Waals surface area contributed by atoms with Crippen molar-refractivity contribution in [2.75, 3.05) is 0 Å². The van der Waals surface area contributed by atoms with E-state index in [0.29, 0.717) is 12.0 Å². The van der Waals surface area contributed by atoms with Gasteiger partial charge in [-0.2, -0.15) is 0 Å². The fraction of sp³-hybridized carbons (Fsp3) is 0.294. The highest BCUT2D eigenvalue weighted by molar-refractivity contribution is 7.89. The molecule has 0 radical (unpaired) electrons. The van der Waals surface area contributed by atoms with Gasteiger partial charge in [-0.15, -0.1) is 0 Å². The molecule has 0 fully saturated rings. The van der Waals surface area contributed by atoms with Gasteiger partial charge in [0.1, 0.15) is 5.82 Å². The van der Waals surface area contributed by atoms with E-state index in [2.05, 4.69) is 4.72 Å². The number of sulfonamides is 1. The smallest absolute Gasteiger partial charge is 0.208 e. The number of hydrogen-bond donors (Lipinski definition) is 1. The highest BCUT2D eigenvalue weighted by Crippen LogP contribution is 2.17. The number of benzene rings is 2. The van der Waals surface area contributed by atoms with Crippen LogP contribution < -0.4 is 4.72 Å². The van der Waals surface area contributed by atoms with Gasteiger partial charge >= 0.3 is 0 Å².